The van der Waals surface area contributed by atoms with Crippen molar-refractivity contribution in [3.8, 4) is 0 Å². The highest BCUT2D eigenvalue weighted by Gasteiger charge is 2.51. The van der Waals surface area contributed by atoms with E-state index in [-0.39, 0.29) is 5.92 Å². The molecule has 6 nitrogen and oxygen atoms in total. The zero-order valence-electron chi connectivity index (χ0n) is 13.9. The van der Waals surface area contributed by atoms with Gasteiger partial charge in [-0.05, 0) is 31.5 Å². The molecule has 6 heteroatoms. The molecule has 0 aliphatic carbocycles. The number of hydrogen-bond acceptors (Lipinski definition) is 5. The summed E-state index contributed by atoms with van der Waals surface area (Å²) in [5, 5.41) is 2.64. The molecule has 0 spiro atoms. The monoisotopic (exact) mass is 320 g/mol. The van der Waals surface area contributed by atoms with Gasteiger partial charge in [0.15, 0.2) is 0 Å². The topological polar surface area (TPSA) is 67.9 Å². The number of carbonyl (C=O) groups excluding carboxylic acids is 2. The SMILES string of the molecule is CC(C)COC(=O)[C@]1(OC(=O)Nc2ccccc2)CCCN1C. The number of ether oxygens (including phenoxy) is 2. The van der Waals surface area contributed by atoms with Gasteiger partial charge in [-0.2, -0.15) is 0 Å². The van der Waals surface area contributed by atoms with Crippen molar-refractivity contribution in [2.24, 2.45) is 5.92 Å². The van der Waals surface area contributed by atoms with Gasteiger partial charge in [0.2, 0.25) is 0 Å². The number of benzene rings is 1. The van der Waals surface area contributed by atoms with Crippen molar-refractivity contribution < 1.29 is 19.1 Å². The lowest BCUT2D eigenvalue weighted by Crippen LogP contribution is -2.53. The second-order valence-corrected chi connectivity index (χ2v) is 6.18. The molecule has 1 heterocycles. The van der Waals surface area contributed by atoms with Gasteiger partial charge in [0.1, 0.15) is 0 Å². The van der Waals surface area contributed by atoms with Crippen molar-refractivity contribution in [1.82, 2.24) is 4.90 Å². The first-order valence-electron chi connectivity index (χ1n) is 7.87. The van der Waals surface area contributed by atoms with E-state index >= 15 is 0 Å². The van der Waals surface area contributed by atoms with Crippen molar-refractivity contribution in [1.29, 1.82) is 0 Å². The van der Waals surface area contributed by atoms with Gasteiger partial charge in [0, 0.05) is 18.7 Å². The quantitative estimate of drug-likeness (QED) is 0.845. The molecule has 1 saturated heterocycles. The lowest BCUT2D eigenvalue weighted by molar-refractivity contribution is -0.181. The molecule has 2 rings (SSSR count). The third-order valence-electron chi connectivity index (χ3n) is 3.77. The maximum Gasteiger partial charge on any atom is 0.413 e. The highest BCUT2D eigenvalue weighted by molar-refractivity contribution is 5.89. The number of esters is 1. The third kappa shape index (κ3) is 4.22. The number of amides is 1. The molecule has 1 aromatic carbocycles. The molecule has 126 valence electrons. The molecule has 0 saturated carbocycles. The van der Waals surface area contributed by atoms with Gasteiger partial charge in [0.25, 0.3) is 5.72 Å². The maximum absolute atomic E-state index is 12.5. The van der Waals surface area contributed by atoms with Crippen LogP contribution in [-0.4, -0.2) is 42.9 Å². The van der Waals surface area contributed by atoms with E-state index in [1.165, 1.54) is 0 Å². The standard InChI is InChI=1S/C17H24N2O4/c1-13(2)12-22-15(20)17(10-7-11-19(17)3)23-16(21)18-14-8-5-4-6-9-14/h4-6,8-9,13H,7,10-12H2,1-3H3,(H,18,21)/t17-/m1/s1. The van der Waals surface area contributed by atoms with Crippen LogP contribution >= 0.6 is 0 Å². The number of nitrogens with one attached hydrogen (secondary N) is 1. The average molecular weight is 320 g/mol. The van der Waals surface area contributed by atoms with E-state index in [4.69, 9.17) is 9.47 Å². The van der Waals surface area contributed by atoms with Gasteiger partial charge in [0.05, 0.1) is 6.61 Å². The molecule has 1 aromatic rings. The Balaban J connectivity index is 2.06. The number of rotatable bonds is 5. The molecular weight excluding hydrogens is 296 g/mol. The smallest absolute Gasteiger partial charge is 0.413 e. The largest absolute Gasteiger partial charge is 0.461 e. The zero-order valence-corrected chi connectivity index (χ0v) is 13.9. The van der Waals surface area contributed by atoms with Gasteiger partial charge in [-0.15, -0.1) is 0 Å². The van der Waals surface area contributed by atoms with E-state index in [0.717, 1.165) is 6.42 Å². The average Bonchev–Trinajstić information content (AvgIpc) is 2.87. The summed E-state index contributed by atoms with van der Waals surface area (Å²) in [6, 6.07) is 8.98. The third-order valence-corrected chi connectivity index (χ3v) is 3.77. The molecule has 0 radical (unpaired) electrons. The predicted molar refractivity (Wildman–Crippen MR) is 86.9 cm³/mol. The highest BCUT2D eigenvalue weighted by atomic mass is 16.6. The summed E-state index contributed by atoms with van der Waals surface area (Å²) < 4.78 is 10.8. The van der Waals surface area contributed by atoms with Crippen LogP contribution in [-0.2, 0) is 14.3 Å². The number of hydrogen-bond donors (Lipinski definition) is 1. The summed E-state index contributed by atoms with van der Waals surface area (Å²) in [4.78, 5) is 26.4. The number of likely N-dealkylation sites (tertiary alicyclic amines) is 1. The van der Waals surface area contributed by atoms with Crippen molar-refractivity contribution in [3.63, 3.8) is 0 Å². The molecule has 0 bridgehead atoms. The van der Waals surface area contributed by atoms with Crippen LogP contribution in [0.5, 0.6) is 0 Å². The van der Waals surface area contributed by atoms with Crippen LogP contribution in [0.15, 0.2) is 30.3 Å². The molecule has 1 atom stereocenters. The zero-order chi connectivity index (χ0) is 16.9. The Morgan fingerprint density at radius 3 is 2.57 bits per heavy atom. The number of anilines is 1. The lowest BCUT2D eigenvalue weighted by Gasteiger charge is -2.33. The molecule has 23 heavy (non-hydrogen) atoms. The minimum absolute atomic E-state index is 0.223. The van der Waals surface area contributed by atoms with Crippen LogP contribution in [0, 0.1) is 5.92 Å². The Morgan fingerprint density at radius 1 is 1.30 bits per heavy atom. The van der Waals surface area contributed by atoms with Crippen molar-refractivity contribution in [3.05, 3.63) is 30.3 Å². The van der Waals surface area contributed by atoms with E-state index in [9.17, 15) is 9.59 Å². The summed E-state index contributed by atoms with van der Waals surface area (Å²) in [7, 11) is 1.76. The second kappa shape index (κ2) is 7.46. The molecule has 1 aliphatic rings. The Bertz CT molecular complexity index is 547. The van der Waals surface area contributed by atoms with Gasteiger partial charge in [-0.25, -0.2) is 9.59 Å². The minimum Gasteiger partial charge on any atom is -0.461 e. The van der Waals surface area contributed by atoms with Crippen molar-refractivity contribution >= 4 is 17.7 Å². The van der Waals surface area contributed by atoms with Gasteiger partial charge >= 0.3 is 12.1 Å². The summed E-state index contributed by atoms with van der Waals surface area (Å²) in [5.41, 5.74) is -0.725. The van der Waals surface area contributed by atoms with Gasteiger partial charge in [-0.1, -0.05) is 32.0 Å². The van der Waals surface area contributed by atoms with E-state index in [2.05, 4.69) is 5.32 Å². The molecule has 0 unspecified atom stereocenters. The Kier molecular flexibility index (Phi) is 5.60. The predicted octanol–water partition coefficient (Wildman–Crippen LogP) is 2.86. The highest BCUT2D eigenvalue weighted by Crippen LogP contribution is 2.31. The fraction of sp³-hybridized carbons (Fsp3) is 0.529. The first-order valence-corrected chi connectivity index (χ1v) is 7.87. The fourth-order valence-corrected chi connectivity index (χ4v) is 2.53. The number of para-hydroxylation sites is 1. The number of nitrogens with zero attached hydrogens (tertiary/aromatic N) is 1. The van der Waals surface area contributed by atoms with Gasteiger partial charge in [-0.3, -0.25) is 10.2 Å². The number of likely N-dealkylation sites (N-methyl/N-ethyl adjacent to an activating group) is 1. The first kappa shape index (κ1) is 17.3. The maximum atomic E-state index is 12.5. The second-order valence-electron chi connectivity index (χ2n) is 6.18. The Labute approximate surface area is 136 Å². The van der Waals surface area contributed by atoms with Crippen LogP contribution in [0.25, 0.3) is 0 Å². The van der Waals surface area contributed by atoms with Crippen LogP contribution in [0.4, 0.5) is 10.5 Å². The Hall–Kier alpha value is -2.08. The summed E-state index contributed by atoms with van der Waals surface area (Å²) >= 11 is 0. The molecule has 1 N–H and O–H groups in total. The van der Waals surface area contributed by atoms with Crippen LogP contribution in [0.1, 0.15) is 26.7 Å². The lowest BCUT2D eigenvalue weighted by atomic mass is 10.1. The van der Waals surface area contributed by atoms with Crippen LogP contribution in [0.2, 0.25) is 0 Å². The van der Waals surface area contributed by atoms with Crippen LogP contribution < -0.4 is 5.32 Å². The van der Waals surface area contributed by atoms with Crippen molar-refractivity contribution in [2.45, 2.75) is 32.4 Å². The molecule has 1 aliphatic heterocycles. The summed E-state index contributed by atoms with van der Waals surface area (Å²) in [5.74, 6) is -0.282. The molecule has 0 aromatic heterocycles. The molecule has 1 amide bonds. The molecular formula is C17H24N2O4. The summed E-state index contributed by atoms with van der Waals surface area (Å²) in [6.45, 7) is 4.90. The van der Waals surface area contributed by atoms with Crippen molar-refractivity contribution in [2.75, 3.05) is 25.5 Å². The first-order chi connectivity index (χ1) is 10.9. The van der Waals surface area contributed by atoms with E-state index < -0.39 is 17.8 Å². The minimum atomic E-state index is -1.34. The Morgan fingerprint density at radius 2 is 2.00 bits per heavy atom. The number of carbonyl (C=O) groups is 2. The van der Waals surface area contributed by atoms with E-state index in [1.54, 1.807) is 24.1 Å². The normalized spacial score (nSPS) is 21.2. The molecule has 1 fully saturated rings. The summed E-state index contributed by atoms with van der Waals surface area (Å²) in [6.07, 6.45) is 0.542. The van der Waals surface area contributed by atoms with E-state index in [0.29, 0.717) is 25.3 Å². The fourth-order valence-electron chi connectivity index (χ4n) is 2.53. The van der Waals surface area contributed by atoms with E-state index in [1.807, 2.05) is 32.0 Å². The van der Waals surface area contributed by atoms with Crippen LogP contribution in [0.3, 0.4) is 0 Å². The van der Waals surface area contributed by atoms with Gasteiger partial charge < -0.3 is 9.47 Å².